The number of hydrogen-bond acceptors (Lipinski definition) is 7. The van der Waals surface area contributed by atoms with E-state index in [1.807, 2.05) is 249 Å². The van der Waals surface area contributed by atoms with Gasteiger partial charge < -0.3 is 29.7 Å². The molecule has 0 saturated carbocycles. The van der Waals surface area contributed by atoms with E-state index < -0.39 is 0 Å². The number of fused-ring (bicyclic) bond motifs is 6. The topological polar surface area (TPSA) is 78.7 Å². The van der Waals surface area contributed by atoms with Gasteiger partial charge in [0.15, 0.2) is 18.4 Å². The van der Waals surface area contributed by atoms with Crippen molar-refractivity contribution in [3.05, 3.63) is 449 Å². The molecule has 19 rings (SSSR count). The van der Waals surface area contributed by atoms with E-state index in [2.05, 4.69) is 163 Å². The number of aryl methyl sites for hydroxylation is 2. The second-order valence-corrected chi connectivity index (χ2v) is 23.9. The van der Waals surface area contributed by atoms with Crippen LogP contribution in [-0.2, 0) is 73.4 Å². The SMILES string of the molecule is Cc1cc(-c2[c-]cccc2)ncc1-c1ccccc1.Cc1cc[n+]2c(n1)-c1ccccc1C2.[2H]c1c[n+]2c(c([2H])c1[2H])-c1c([2H])c([2H])c([2H])c([2H])c1C2.[Ir+3].[Ir].[Ir].[c-]1ccc(-c2ccccc2)cc1-c1ccccn1.[c-]1ccccc1-c1ccccn1.[c-]1ccccc1-c1ccccn1.[c-]1ccccc1N1C=CN(c2ccccc2)[CH-]1. The number of pyridine rings is 5. The molecule has 0 bridgehead atoms. The van der Waals surface area contributed by atoms with Crippen molar-refractivity contribution in [2.24, 2.45) is 0 Å². The third kappa shape index (κ3) is 21.8. The summed E-state index contributed by atoms with van der Waals surface area (Å²) in [5.41, 5.74) is 20.9. The minimum Gasteiger partial charge on any atom is -0.500 e. The minimum absolute atomic E-state index is 0. The van der Waals surface area contributed by atoms with Gasteiger partial charge in [-0.1, -0.05) is 158 Å². The monoisotopic (exact) mass is 1940 g/mol. The molecular formula is C96H75Ir3N9-. The van der Waals surface area contributed by atoms with Crippen molar-refractivity contribution < 1.29 is 79.0 Å². The van der Waals surface area contributed by atoms with Crippen LogP contribution in [0.25, 0.3) is 89.9 Å². The van der Waals surface area contributed by atoms with E-state index in [-0.39, 0.29) is 120 Å². The molecule has 0 atom stereocenters. The Morgan fingerprint density at radius 2 is 0.907 bits per heavy atom. The van der Waals surface area contributed by atoms with Gasteiger partial charge in [-0.05, 0) is 112 Å². The smallest absolute Gasteiger partial charge is 0.500 e. The van der Waals surface area contributed by atoms with Gasteiger partial charge in [0.1, 0.15) is 6.54 Å². The van der Waals surface area contributed by atoms with Gasteiger partial charge in [0, 0.05) is 112 Å². The predicted octanol–water partition coefficient (Wildman–Crippen LogP) is 20.9. The van der Waals surface area contributed by atoms with Crippen molar-refractivity contribution in [3.8, 4) is 89.9 Å². The normalized spacial score (nSPS) is 11.9. The Hall–Kier alpha value is -11.7. The summed E-state index contributed by atoms with van der Waals surface area (Å²) in [5, 5.41) is 0. The van der Waals surface area contributed by atoms with Crippen molar-refractivity contribution in [1.29, 1.82) is 0 Å². The summed E-state index contributed by atoms with van der Waals surface area (Å²) in [5.74, 6) is 1.10. The van der Waals surface area contributed by atoms with Crippen LogP contribution in [0.15, 0.2) is 389 Å². The van der Waals surface area contributed by atoms with Crippen LogP contribution >= 0.6 is 0 Å². The molecule has 9 heterocycles. The Bertz CT molecular complexity index is 5540. The van der Waals surface area contributed by atoms with Crippen molar-refractivity contribution in [2.45, 2.75) is 26.9 Å². The molecule has 108 heavy (non-hydrogen) atoms. The van der Waals surface area contributed by atoms with Gasteiger partial charge in [-0.2, -0.15) is 34.9 Å². The number of para-hydroxylation sites is 2. The Kier molecular flexibility index (Phi) is 26.5. The third-order valence-corrected chi connectivity index (χ3v) is 16.7. The fourth-order valence-electron chi connectivity index (χ4n) is 11.5. The van der Waals surface area contributed by atoms with Crippen LogP contribution in [0.4, 0.5) is 11.4 Å². The van der Waals surface area contributed by atoms with E-state index in [1.54, 1.807) is 23.2 Å². The zero-order chi connectivity index (χ0) is 77.6. The summed E-state index contributed by atoms with van der Waals surface area (Å²) < 4.78 is 58.3. The molecule has 6 aromatic heterocycles. The molecule has 3 aliphatic rings. The molecule has 0 spiro atoms. The predicted molar refractivity (Wildman–Crippen MR) is 425 cm³/mol. The zero-order valence-electron chi connectivity index (χ0n) is 65.9. The molecule has 0 N–H and O–H groups in total. The molecule has 10 aromatic carbocycles. The fourth-order valence-corrected chi connectivity index (χ4v) is 11.5. The van der Waals surface area contributed by atoms with Crippen LogP contribution in [0.2, 0.25) is 0 Å². The van der Waals surface area contributed by atoms with Crippen LogP contribution in [0.5, 0.6) is 0 Å². The minimum atomic E-state index is -0.344. The summed E-state index contributed by atoms with van der Waals surface area (Å²) in [6, 6.07) is 113. The Balaban J connectivity index is 0.000000142. The third-order valence-electron chi connectivity index (χ3n) is 16.7. The maximum Gasteiger partial charge on any atom is 3.00 e. The first kappa shape index (κ1) is 69.4. The molecular weight excluding hydrogens is 1860 g/mol. The van der Waals surface area contributed by atoms with Gasteiger partial charge in [0.05, 0.1) is 26.9 Å². The van der Waals surface area contributed by atoms with Gasteiger partial charge in [-0.15, -0.1) is 155 Å². The summed E-state index contributed by atoms with van der Waals surface area (Å²) in [6.45, 7) is 7.34. The first-order chi connectivity index (χ1) is 54.8. The molecule has 3 aliphatic heterocycles. The number of hydrogen-bond donors (Lipinski definition) is 0. The molecule has 0 saturated heterocycles. The molecule has 0 unspecified atom stereocenters. The van der Waals surface area contributed by atoms with Crippen molar-refractivity contribution in [2.75, 3.05) is 9.80 Å². The number of nitrogens with zero attached hydrogens (tertiary/aromatic N) is 9. The van der Waals surface area contributed by atoms with Crippen LogP contribution in [0, 0.1) is 50.8 Å². The van der Waals surface area contributed by atoms with Crippen LogP contribution < -0.4 is 18.9 Å². The number of anilines is 2. The summed E-state index contributed by atoms with van der Waals surface area (Å²) in [6.07, 6.45) is 14.9. The van der Waals surface area contributed by atoms with Gasteiger partial charge >= 0.3 is 25.9 Å². The average molecular weight is 1940 g/mol. The Labute approximate surface area is 685 Å². The van der Waals surface area contributed by atoms with Crippen molar-refractivity contribution in [1.82, 2.24) is 24.9 Å². The number of rotatable bonds is 8. The standard InChI is InChI=1S/C18H14N.C17H12N.C15H12N2.C12H11N2.C12H10N.2C11H8N.3Ir/c1-14-12-18(16-10-6-3-7-11-16)19-13-17(14)15-8-4-2-5-9-15;1-2-7-14(8-3-1)15-9-6-10-16(13-15)17-11-4-5-12-18-17;1-3-7-14(8-4-1)16-11-12-17(13-16)15-9-5-2-6-10-15;1-9-6-7-14-8-10-4-2-3-5-11(10)12(14)13-9;1-2-6-11-10(5-1)9-13-8-4-3-7-12(11)13;2*1-2-6-10(7-3-1)11-8-4-5-9-12-11;;;/h2-10,12-13H,1H3;1-9,11-13H;1-9,11-13H;2-7H,8H2,1H3;1-8H,9H2;2*1-6,8-9H;;;/q2*-1;-2;2*+1;2*-1;;;+3/i;;;;1D,2D,3D,4D,5D,6D,7D;;;;;. The second-order valence-electron chi connectivity index (χ2n) is 23.9. The zero-order valence-corrected chi connectivity index (χ0v) is 66.1. The first-order valence-corrected chi connectivity index (χ1v) is 34.2. The van der Waals surface area contributed by atoms with E-state index in [4.69, 9.17) is 9.60 Å². The molecule has 9 nitrogen and oxygen atoms in total. The molecule has 0 aliphatic carbocycles. The van der Waals surface area contributed by atoms with E-state index in [1.165, 1.54) is 45.1 Å². The average Bonchev–Trinajstić information content (AvgIpc) is 1.59. The van der Waals surface area contributed by atoms with E-state index in [0.717, 1.165) is 74.5 Å². The largest absolute Gasteiger partial charge is 3.00 e. The van der Waals surface area contributed by atoms with Crippen molar-refractivity contribution >= 4 is 11.4 Å². The maximum atomic E-state index is 7.97. The summed E-state index contributed by atoms with van der Waals surface area (Å²) >= 11 is 0. The van der Waals surface area contributed by atoms with Crippen LogP contribution in [0.1, 0.15) is 32.0 Å². The van der Waals surface area contributed by atoms with Gasteiger partial charge in [-0.3, -0.25) is 0 Å². The first-order valence-electron chi connectivity index (χ1n) is 37.7. The van der Waals surface area contributed by atoms with Gasteiger partial charge in [0.25, 0.3) is 0 Å². The molecule has 16 aromatic rings. The van der Waals surface area contributed by atoms with E-state index in [9.17, 15) is 0 Å². The molecule has 0 fully saturated rings. The fraction of sp³-hybridized carbons (Fsp3) is 0.0417. The Morgan fingerprint density at radius 3 is 1.50 bits per heavy atom. The summed E-state index contributed by atoms with van der Waals surface area (Å²) in [7, 11) is 0. The van der Waals surface area contributed by atoms with E-state index >= 15 is 0 Å². The van der Waals surface area contributed by atoms with Gasteiger partial charge in [0.2, 0.25) is 5.69 Å². The quantitative estimate of drug-likeness (QED) is 0.111. The summed E-state index contributed by atoms with van der Waals surface area (Å²) in [4.78, 5) is 26.0. The van der Waals surface area contributed by atoms with Gasteiger partial charge in [-0.25, -0.2) is 4.57 Å². The van der Waals surface area contributed by atoms with Crippen LogP contribution in [-0.4, -0.2) is 24.9 Å². The Morgan fingerprint density at radius 1 is 0.389 bits per heavy atom. The maximum absolute atomic E-state index is 7.97. The van der Waals surface area contributed by atoms with E-state index in [0.29, 0.717) is 5.56 Å². The number of aromatic nitrogens is 7. The molecule has 0 amide bonds. The number of benzene rings is 10. The molecule has 2 radical (unpaired) electrons. The molecule has 12 heteroatoms. The molecule has 532 valence electrons. The van der Waals surface area contributed by atoms with Crippen LogP contribution in [0.3, 0.4) is 0 Å². The second kappa shape index (κ2) is 41.3. The van der Waals surface area contributed by atoms with Crippen molar-refractivity contribution in [3.63, 3.8) is 0 Å².